The van der Waals surface area contributed by atoms with Gasteiger partial charge < -0.3 is 4.74 Å². The van der Waals surface area contributed by atoms with Gasteiger partial charge in [0, 0.05) is 27.5 Å². The molecule has 21 heavy (non-hydrogen) atoms. The molecule has 0 saturated heterocycles. The van der Waals surface area contributed by atoms with Crippen LogP contribution in [0.25, 0.3) is 10.8 Å². The molecule has 0 unspecified atom stereocenters. The third-order valence-electron chi connectivity index (χ3n) is 3.04. The topological polar surface area (TPSA) is 22.1 Å². The van der Waals surface area contributed by atoms with Crippen molar-refractivity contribution in [3.63, 3.8) is 0 Å². The van der Waals surface area contributed by atoms with E-state index in [1.165, 1.54) is 0 Å². The number of ether oxygens (including phenoxy) is 1. The molecule has 0 fully saturated rings. The molecule has 1 aromatic heterocycles. The molecule has 3 aromatic rings. The van der Waals surface area contributed by atoms with Gasteiger partial charge in [0.1, 0.15) is 5.75 Å². The molecule has 0 aliphatic heterocycles. The molecule has 0 atom stereocenters. The molecular weight excluding hydrogens is 329 g/mol. The number of halogens is 3. The number of fused-ring (bicyclic) bond motifs is 1. The van der Waals surface area contributed by atoms with Gasteiger partial charge in [0.2, 0.25) is 5.88 Å². The van der Waals surface area contributed by atoms with Crippen molar-refractivity contribution in [2.24, 2.45) is 0 Å². The van der Waals surface area contributed by atoms with Gasteiger partial charge in [-0.05, 0) is 35.2 Å². The fourth-order valence-electron chi connectivity index (χ4n) is 2.11. The standard InChI is InChI=1S/C16H10Cl3NO/c17-8-10-9-20-16(15-4-2-1-3-14(10)15)21-13-6-11(18)5-12(19)7-13/h1-7,9H,8H2. The minimum Gasteiger partial charge on any atom is -0.438 e. The Bertz CT molecular complexity index is 784. The maximum atomic E-state index is 5.98. The van der Waals surface area contributed by atoms with E-state index in [2.05, 4.69) is 4.98 Å². The number of aromatic nitrogens is 1. The van der Waals surface area contributed by atoms with Crippen LogP contribution in [0, 0.1) is 0 Å². The Kier molecular flexibility index (Phi) is 4.20. The minimum absolute atomic E-state index is 0.400. The maximum absolute atomic E-state index is 5.98. The molecule has 0 saturated carbocycles. The van der Waals surface area contributed by atoms with Crippen LogP contribution in [0.5, 0.6) is 11.6 Å². The molecule has 0 spiro atoms. The smallest absolute Gasteiger partial charge is 0.227 e. The lowest BCUT2D eigenvalue weighted by Gasteiger charge is -2.10. The third kappa shape index (κ3) is 3.08. The molecule has 2 aromatic carbocycles. The van der Waals surface area contributed by atoms with Crippen LogP contribution in [-0.2, 0) is 5.88 Å². The Morgan fingerprint density at radius 3 is 2.29 bits per heavy atom. The van der Waals surface area contributed by atoms with Crippen molar-refractivity contribution < 1.29 is 4.74 Å². The Hall–Kier alpha value is -1.48. The largest absolute Gasteiger partial charge is 0.438 e. The van der Waals surface area contributed by atoms with E-state index in [0.717, 1.165) is 16.3 Å². The van der Waals surface area contributed by atoms with E-state index in [9.17, 15) is 0 Å². The predicted octanol–water partition coefficient (Wildman–Crippen LogP) is 6.07. The number of benzene rings is 2. The second kappa shape index (κ2) is 6.10. The third-order valence-corrected chi connectivity index (χ3v) is 3.76. The van der Waals surface area contributed by atoms with Crippen LogP contribution in [0.3, 0.4) is 0 Å². The van der Waals surface area contributed by atoms with Crippen LogP contribution < -0.4 is 4.74 Å². The summed E-state index contributed by atoms with van der Waals surface area (Å²) >= 11 is 17.9. The van der Waals surface area contributed by atoms with Gasteiger partial charge in [0.15, 0.2) is 0 Å². The van der Waals surface area contributed by atoms with Gasteiger partial charge in [0.25, 0.3) is 0 Å². The Balaban J connectivity index is 2.09. The molecule has 5 heteroatoms. The zero-order chi connectivity index (χ0) is 14.8. The summed E-state index contributed by atoms with van der Waals surface area (Å²) in [4.78, 5) is 4.34. The first-order valence-corrected chi connectivity index (χ1v) is 7.53. The maximum Gasteiger partial charge on any atom is 0.227 e. The number of pyridine rings is 1. The van der Waals surface area contributed by atoms with E-state index in [1.807, 2.05) is 24.3 Å². The fraction of sp³-hybridized carbons (Fsp3) is 0.0625. The lowest BCUT2D eigenvalue weighted by atomic mass is 10.1. The highest BCUT2D eigenvalue weighted by molar-refractivity contribution is 6.34. The number of nitrogens with zero attached hydrogens (tertiary/aromatic N) is 1. The van der Waals surface area contributed by atoms with Crippen molar-refractivity contribution in [2.75, 3.05) is 0 Å². The van der Waals surface area contributed by atoms with Crippen LogP contribution in [-0.4, -0.2) is 4.98 Å². The fourth-order valence-corrected chi connectivity index (χ4v) is 2.83. The molecule has 0 N–H and O–H groups in total. The average molecular weight is 339 g/mol. The van der Waals surface area contributed by atoms with Crippen LogP contribution >= 0.6 is 34.8 Å². The second-order valence-corrected chi connectivity index (χ2v) is 5.62. The zero-order valence-corrected chi connectivity index (χ0v) is 13.1. The highest BCUT2D eigenvalue weighted by Crippen LogP contribution is 2.32. The van der Waals surface area contributed by atoms with Crippen molar-refractivity contribution >= 4 is 45.6 Å². The normalized spacial score (nSPS) is 10.8. The van der Waals surface area contributed by atoms with E-state index in [4.69, 9.17) is 39.5 Å². The van der Waals surface area contributed by atoms with Gasteiger partial charge in [-0.1, -0.05) is 41.4 Å². The predicted molar refractivity (Wildman–Crippen MR) is 87.8 cm³/mol. The zero-order valence-electron chi connectivity index (χ0n) is 10.8. The van der Waals surface area contributed by atoms with Gasteiger partial charge >= 0.3 is 0 Å². The summed E-state index contributed by atoms with van der Waals surface area (Å²) in [5.74, 6) is 1.44. The molecule has 0 aliphatic carbocycles. The van der Waals surface area contributed by atoms with E-state index >= 15 is 0 Å². The van der Waals surface area contributed by atoms with E-state index in [0.29, 0.717) is 27.6 Å². The van der Waals surface area contributed by atoms with Crippen molar-refractivity contribution in [1.29, 1.82) is 0 Å². The minimum atomic E-state index is 0.400. The molecule has 106 valence electrons. The van der Waals surface area contributed by atoms with E-state index < -0.39 is 0 Å². The Morgan fingerprint density at radius 2 is 1.62 bits per heavy atom. The van der Waals surface area contributed by atoms with E-state index in [-0.39, 0.29) is 0 Å². The van der Waals surface area contributed by atoms with Crippen molar-refractivity contribution in [2.45, 2.75) is 5.88 Å². The quantitative estimate of drug-likeness (QED) is 0.540. The summed E-state index contributed by atoms with van der Waals surface area (Å²) in [6, 6.07) is 12.9. The molecular formula is C16H10Cl3NO. The van der Waals surface area contributed by atoms with Crippen molar-refractivity contribution in [1.82, 2.24) is 4.98 Å². The second-order valence-electron chi connectivity index (χ2n) is 4.48. The first-order valence-electron chi connectivity index (χ1n) is 6.24. The van der Waals surface area contributed by atoms with Gasteiger partial charge in [-0.15, -0.1) is 11.6 Å². The SMILES string of the molecule is ClCc1cnc(Oc2cc(Cl)cc(Cl)c2)c2ccccc12. The summed E-state index contributed by atoms with van der Waals surface area (Å²) < 4.78 is 5.83. The van der Waals surface area contributed by atoms with Crippen molar-refractivity contribution in [3.05, 3.63) is 64.3 Å². The molecule has 0 aliphatic rings. The summed E-state index contributed by atoms with van der Waals surface area (Å²) in [5.41, 5.74) is 0.962. The number of alkyl halides is 1. The average Bonchev–Trinajstić information content (AvgIpc) is 2.46. The molecule has 3 rings (SSSR count). The highest BCUT2D eigenvalue weighted by Gasteiger charge is 2.09. The van der Waals surface area contributed by atoms with Gasteiger partial charge in [-0.25, -0.2) is 4.98 Å². The van der Waals surface area contributed by atoms with Crippen LogP contribution in [0.4, 0.5) is 0 Å². The van der Waals surface area contributed by atoms with Gasteiger partial charge in [0.05, 0.1) is 0 Å². The van der Waals surface area contributed by atoms with Gasteiger partial charge in [-0.2, -0.15) is 0 Å². The van der Waals surface area contributed by atoms with Gasteiger partial charge in [-0.3, -0.25) is 0 Å². The number of hydrogen-bond donors (Lipinski definition) is 0. The summed E-state index contributed by atoms with van der Waals surface area (Å²) in [7, 11) is 0. The molecule has 0 bridgehead atoms. The summed E-state index contributed by atoms with van der Waals surface area (Å²) in [6.45, 7) is 0. The molecule has 1 heterocycles. The number of rotatable bonds is 3. The summed E-state index contributed by atoms with van der Waals surface area (Å²) in [5, 5.41) is 2.94. The van der Waals surface area contributed by atoms with Crippen molar-refractivity contribution in [3.8, 4) is 11.6 Å². The first kappa shape index (κ1) is 14.5. The number of hydrogen-bond acceptors (Lipinski definition) is 2. The lowest BCUT2D eigenvalue weighted by Crippen LogP contribution is -1.92. The molecule has 2 nitrogen and oxygen atoms in total. The monoisotopic (exact) mass is 337 g/mol. The highest BCUT2D eigenvalue weighted by atomic mass is 35.5. The van der Waals surface area contributed by atoms with Crippen LogP contribution in [0.2, 0.25) is 10.0 Å². The lowest BCUT2D eigenvalue weighted by molar-refractivity contribution is 0.469. The molecule has 0 radical (unpaired) electrons. The molecule has 0 amide bonds. The Labute approximate surface area is 137 Å². The van der Waals surface area contributed by atoms with E-state index in [1.54, 1.807) is 24.4 Å². The summed E-state index contributed by atoms with van der Waals surface area (Å²) in [6.07, 6.45) is 1.72. The van der Waals surface area contributed by atoms with Crippen LogP contribution in [0.1, 0.15) is 5.56 Å². The Morgan fingerprint density at radius 1 is 0.952 bits per heavy atom. The first-order chi connectivity index (χ1) is 10.2. The van der Waals surface area contributed by atoms with Crippen LogP contribution in [0.15, 0.2) is 48.7 Å².